The molecule has 3 amide bonds. The Morgan fingerprint density at radius 3 is 2.59 bits per heavy atom. The summed E-state index contributed by atoms with van der Waals surface area (Å²) in [6.07, 6.45) is 2.43. The Labute approximate surface area is 139 Å². The van der Waals surface area contributed by atoms with Gasteiger partial charge in [-0.1, -0.05) is 11.6 Å². The van der Waals surface area contributed by atoms with Gasteiger partial charge in [0, 0.05) is 19.8 Å². The third kappa shape index (κ3) is 5.65. The number of primary amides is 1. The second-order valence-corrected chi connectivity index (χ2v) is 6.29. The maximum absolute atomic E-state index is 12.2. The number of benzene rings is 1. The Bertz CT molecular complexity index is 540. The second-order valence-electron chi connectivity index (χ2n) is 4.89. The van der Waals surface area contributed by atoms with Gasteiger partial charge in [-0.05, 0) is 36.6 Å². The van der Waals surface area contributed by atoms with Crippen LogP contribution >= 0.6 is 23.4 Å². The first kappa shape index (κ1) is 18.4. The van der Waals surface area contributed by atoms with E-state index in [9.17, 15) is 9.59 Å². The molecule has 0 fully saturated rings. The van der Waals surface area contributed by atoms with E-state index in [-0.39, 0.29) is 5.91 Å². The highest BCUT2D eigenvalue weighted by molar-refractivity contribution is 7.98. The lowest BCUT2D eigenvalue weighted by Gasteiger charge is -2.18. The average Bonchev–Trinajstić information content (AvgIpc) is 2.42. The molecule has 6 nitrogen and oxygen atoms in total. The SMILES string of the molecule is CSCC[C@@H](NC(N)=O)C(=O)Nc1ccc(N(C)C)c(Cl)c1. The van der Waals surface area contributed by atoms with Crippen molar-refractivity contribution < 1.29 is 9.59 Å². The number of hydrogen-bond acceptors (Lipinski definition) is 4. The van der Waals surface area contributed by atoms with Gasteiger partial charge in [0.1, 0.15) is 6.04 Å². The van der Waals surface area contributed by atoms with E-state index in [0.29, 0.717) is 17.1 Å². The second kappa shape index (κ2) is 8.75. The molecule has 122 valence electrons. The molecule has 1 rings (SSSR count). The van der Waals surface area contributed by atoms with Gasteiger partial charge in [-0.2, -0.15) is 11.8 Å². The predicted molar refractivity (Wildman–Crippen MR) is 93.9 cm³/mol. The molecule has 1 aromatic rings. The summed E-state index contributed by atoms with van der Waals surface area (Å²) < 4.78 is 0. The Morgan fingerprint density at radius 1 is 1.41 bits per heavy atom. The zero-order valence-corrected chi connectivity index (χ0v) is 14.4. The first-order valence-electron chi connectivity index (χ1n) is 6.67. The van der Waals surface area contributed by atoms with E-state index in [1.807, 2.05) is 31.3 Å². The minimum atomic E-state index is -0.720. The van der Waals surface area contributed by atoms with E-state index >= 15 is 0 Å². The van der Waals surface area contributed by atoms with Gasteiger partial charge in [-0.25, -0.2) is 4.79 Å². The summed E-state index contributed by atoms with van der Waals surface area (Å²) in [6, 6.07) is 3.86. The lowest BCUT2D eigenvalue weighted by atomic mass is 10.2. The lowest BCUT2D eigenvalue weighted by molar-refractivity contribution is -0.117. The number of nitrogens with two attached hydrogens (primary N) is 1. The van der Waals surface area contributed by atoms with E-state index < -0.39 is 12.1 Å². The van der Waals surface area contributed by atoms with E-state index in [1.165, 1.54) is 0 Å². The molecule has 22 heavy (non-hydrogen) atoms. The maximum Gasteiger partial charge on any atom is 0.312 e. The van der Waals surface area contributed by atoms with Crippen molar-refractivity contribution in [1.82, 2.24) is 5.32 Å². The molecular formula is C14H21ClN4O2S. The van der Waals surface area contributed by atoms with Crippen LogP contribution in [0.4, 0.5) is 16.2 Å². The number of anilines is 2. The molecular weight excluding hydrogens is 324 g/mol. The lowest BCUT2D eigenvalue weighted by Crippen LogP contribution is -2.46. The highest BCUT2D eigenvalue weighted by Gasteiger charge is 2.19. The van der Waals surface area contributed by atoms with Crippen LogP contribution in [0.25, 0.3) is 0 Å². The monoisotopic (exact) mass is 344 g/mol. The fourth-order valence-electron chi connectivity index (χ4n) is 1.85. The van der Waals surface area contributed by atoms with Crippen LogP contribution in [0.15, 0.2) is 18.2 Å². The van der Waals surface area contributed by atoms with Crippen LogP contribution in [0.3, 0.4) is 0 Å². The van der Waals surface area contributed by atoms with Gasteiger partial charge in [-0.15, -0.1) is 0 Å². The number of rotatable bonds is 7. The maximum atomic E-state index is 12.2. The predicted octanol–water partition coefficient (Wildman–Crippen LogP) is 2.13. The fourth-order valence-corrected chi connectivity index (χ4v) is 2.67. The van der Waals surface area contributed by atoms with Crippen molar-refractivity contribution in [3.8, 4) is 0 Å². The summed E-state index contributed by atoms with van der Waals surface area (Å²) in [5.41, 5.74) is 6.54. The standard InChI is InChI=1S/C14H21ClN4O2S/c1-19(2)12-5-4-9(8-10(12)15)17-13(20)11(6-7-22-3)18-14(16)21/h4-5,8,11H,6-7H2,1-3H3,(H,17,20)(H3,16,18,21)/t11-/m1/s1. The van der Waals surface area contributed by atoms with E-state index in [0.717, 1.165) is 11.4 Å². The van der Waals surface area contributed by atoms with Crippen LogP contribution in [0.1, 0.15) is 6.42 Å². The van der Waals surface area contributed by atoms with Gasteiger partial charge < -0.3 is 21.3 Å². The number of carbonyl (C=O) groups is 2. The summed E-state index contributed by atoms with van der Waals surface area (Å²) >= 11 is 7.76. The smallest absolute Gasteiger partial charge is 0.312 e. The van der Waals surface area contributed by atoms with Gasteiger partial charge in [0.2, 0.25) is 5.91 Å². The normalized spacial score (nSPS) is 11.6. The molecule has 0 bridgehead atoms. The molecule has 8 heteroatoms. The van der Waals surface area contributed by atoms with Crippen molar-refractivity contribution in [3.63, 3.8) is 0 Å². The van der Waals surface area contributed by atoms with Crippen LogP contribution in [0.2, 0.25) is 5.02 Å². The molecule has 0 aliphatic heterocycles. The first-order valence-corrected chi connectivity index (χ1v) is 8.45. The zero-order valence-electron chi connectivity index (χ0n) is 12.9. The van der Waals surface area contributed by atoms with Crippen molar-refractivity contribution in [3.05, 3.63) is 23.2 Å². The largest absolute Gasteiger partial charge is 0.376 e. The van der Waals surface area contributed by atoms with E-state index in [1.54, 1.807) is 23.9 Å². The van der Waals surface area contributed by atoms with Crippen molar-refractivity contribution in [2.45, 2.75) is 12.5 Å². The minimum absolute atomic E-state index is 0.318. The fraction of sp³-hybridized carbons (Fsp3) is 0.429. The van der Waals surface area contributed by atoms with Gasteiger partial charge in [0.05, 0.1) is 10.7 Å². The van der Waals surface area contributed by atoms with Gasteiger partial charge in [0.15, 0.2) is 0 Å². The number of nitrogens with zero attached hydrogens (tertiary/aromatic N) is 1. The molecule has 0 aliphatic carbocycles. The molecule has 0 unspecified atom stereocenters. The number of urea groups is 1. The summed E-state index contributed by atoms with van der Waals surface area (Å²) in [4.78, 5) is 25.1. The number of amides is 3. The van der Waals surface area contributed by atoms with Crippen LogP contribution in [0, 0.1) is 0 Å². The van der Waals surface area contributed by atoms with Crippen molar-refractivity contribution in [2.24, 2.45) is 5.73 Å². The number of halogens is 1. The number of carbonyl (C=O) groups excluding carboxylic acids is 2. The first-order chi connectivity index (χ1) is 10.3. The summed E-state index contributed by atoms with van der Waals surface area (Å²) in [5.74, 6) is 0.417. The summed E-state index contributed by atoms with van der Waals surface area (Å²) in [6.45, 7) is 0. The number of hydrogen-bond donors (Lipinski definition) is 3. The molecule has 0 aliphatic rings. The molecule has 1 aromatic carbocycles. The number of nitrogens with one attached hydrogen (secondary N) is 2. The molecule has 0 heterocycles. The quantitative estimate of drug-likeness (QED) is 0.707. The molecule has 1 atom stereocenters. The minimum Gasteiger partial charge on any atom is -0.376 e. The van der Waals surface area contributed by atoms with Gasteiger partial charge in [0.25, 0.3) is 0 Å². The van der Waals surface area contributed by atoms with Crippen LogP contribution in [-0.4, -0.2) is 44.1 Å². The zero-order chi connectivity index (χ0) is 16.7. The van der Waals surface area contributed by atoms with Crippen molar-refractivity contribution >= 4 is 46.7 Å². The van der Waals surface area contributed by atoms with Crippen LogP contribution in [-0.2, 0) is 4.79 Å². The molecule has 4 N–H and O–H groups in total. The average molecular weight is 345 g/mol. The molecule has 0 radical (unpaired) electrons. The van der Waals surface area contributed by atoms with Gasteiger partial charge in [-0.3, -0.25) is 4.79 Å². The van der Waals surface area contributed by atoms with Crippen LogP contribution in [0.5, 0.6) is 0 Å². The Hall–Kier alpha value is -1.60. The Balaban J connectivity index is 2.79. The van der Waals surface area contributed by atoms with E-state index in [2.05, 4.69) is 10.6 Å². The third-order valence-electron chi connectivity index (χ3n) is 2.94. The molecule has 0 saturated carbocycles. The van der Waals surface area contributed by atoms with Gasteiger partial charge >= 0.3 is 6.03 Å². The topological polar surface area (TPSA) is 87.5 Å². The van der Waals surface area contributed by atoms with E-state index in [4.69, 9.17) is 17.3 Å². The van der Waals surface area contributed by atoms with Crippen molar-refractivity contribution in [2.75, 3.05) is 36.3 Å². The summed E-state index contributed by atoms with van der Waals surface area (Å²) in [7, 11) is 3.77. The Morgan fingerprint density at radius 2 is 2.09 bits per heavy atom. The van der Waals surface area contributed by atoms with Crippen LogP contribution < -0.4 is 21.3 Å². The Kier molecular flexibility index (Phi) is 7.34. The molecule has 0 spiro atoms. The number of thioether (sulfide) groups is 1. The highest BCUT2D eigenvalue weighted by atomic mass is 35.5. The molecule has 0 aromatic heterocycles. The molecule has 0 saturated heterocycles. The summed E-state index contributed by atoms with van der Waals surface area (Å²) in [5, 5.41) is 5.73. The van der Waals surface area contributed by atoms with Crippen molar-refractivity contribution in [1.29, 1.82) is 0 Å². The highest BCUT2D eigenvalue weighted by Crippen LogP contribution is 2.27. The third-order valence-corrected chi connectivity index (χ3v) is 3.89.